The van der Waals surface area contributed by atoms with Crippen molar-refractivity contribution in [1.82, 2.24) is 14.9 Å². The predicted molar refractivity (Wildman–Crippen MR) is 97.5 cm³/mol. The van der Waals surface area contributed by atoms with Crippen LogP contribution in [0.5, 0.6) is 0 Å². The summed E-state index contributed by atoms with van der Waals surface area (Å²) in [5.74, 6) is 1.09. The molecule has 0 bridgehead atoms. The third-order valence-electron chi connectivity index (χ3n) is 4.64. The Kier molecular flexibility index (Phi) is 5.04. The first-order chi connectivity index (χ1) is 11.5. The van der Waals surface area contributed by atoms with Crippen LogP contribution in [-0.2, 0) is 24.2 Å². The van der Waals surface area contributed by atoms with Crippen molar-refractivity contribution in [1.29, 1.82) is 0 Å². The summed E-state index contributed by atoms with van der Waals surface area (Å²) in [6, 6.07) is 0. The van der Waals surface area contributed by atoms with E-state index in [2.05, 4.69) is 31.1 Å². The zero-order valence-corrected chi connectivity index (χ0v) is 15.4. The first kappa shape index (κ1) is 17.1. The predicted octanol–water partition coefficient (Wildman–Crippen LogP) is 2.75. The fourth-order valence-electron chi connectivity index (χ4n) is 3.19. The van der Waals surface area contributed by atoms with E-state index in [0.29, 0.717) is 18.4 Å². The molecule has 1 amide bonds. The molecule has 24 heavy (non-hydrogen) atoms. The van der Waals surface area contributed by atoms with Crippen LogP contribution in [-0.4, -0.2) is 22.0 Å². The number of carbonyl (C=O) groups is 1. The summed E-state index contributed by atoms with van der Waals surface area (Å²) in [7, 11) is 0. The lowest BCUT2D eigenvalue weighted by Gasteiger charge is -2.17. The first-order valence-corrected chi connectivity index (χ1v) is 9.53. The van der Waals surface area contributed by atoms with Crippen molar-refractivity contribution in [2.75, 3.05) is 6.54 Å². The van der Waals surface area contributed by atoms with Crippen molar-refractivity contribution in [3.05, 3.63) is 27.1 Å². The van der Waals surface area contributed by atoms with Gasteiger partial charge in [-0.3, -0.25) is 14.2 Å². The molecule has 2 heterocycles. The van der Waals surface area contributed by atoms with E-state index in [1.165, 1.54) is 21.3 Å². The van der Waals surface area contributed by atoms with Crippen LogP contribution in [0.25, 0.3) is 10.2 Å². The molecule has 0 saturated heterocycles. The summed E-state index contributed by atoms with van der Waals surface area (Å²) < 4.78 is 1.44. The van der Waals surface area contributed by atoms with Crippen LogP contribution < -0.4 is 10.9 Å². The number of carbonyl (C=O) groups excluding carboxylic acids is 1. The van der Waals surface area contributed by atoms with Crippen molar-refractivity contribution in [2.45, 2.75) is 53.0 Å². The van der Waals surface area contributed by atoms with Gasteiger partial charge in [0.2, 0.25) is 5.91 Å². The van der Waals surface area contributed by atoms with Crippen LogP contribution in [0.4, 0.5) is 0 Å². The van der Waals surface area contributed by atoms with Crippen LogP contribution in [0, 0.1) is 11.8 Å². The number of nitrogens with zero attached hydrogens (tertiary/aromatic N) is 2. The van der Waals surface area contributed by atoms with Gasteiger partial charge in [-0.2, -0.15) is 0 Å². The van der Waals surface area contributed by atoms with Crippen LogP contribution in [0.1, 0.15) is 44.1 Å². The Balaban J connectivity index is 1.81. The van der Waals surface area contributed by atoms with Gasteiger partial charge >= 0.3 is 0 Å². The molecule has 1 aliphatic carbocycles. The average Bonchev–Trinajstić information content (AvgIpc) is 2.87. The Bertz CT molecular complexity index is 806. The number of amides is 1. The highest BCUT2D eigenvalue weighted by Gasteiger charge is 2.23. The summed E-state index contributed by atoms with van der Waals surface area (Å²) in [6.45, 7) is 7.18. The van der Waals surface area contributed by atoms with Crippen molar-refractivity contribution in [3.63, 3.8) is 0 Å². The number of aryl methyl sites for hydroxylation is 1. The number of hydrogen-bond donors (Lipinski definition) is 1. The third-order valence-corrected chi connectivity index (χ3v) is 5.80. The molecule has 0 fully saturated rings. The molecule has 0 aliphatic heterocycles. The third kappa shape index (κ3) is 3.53. The first-order valence-electron chi connectivity index (χ1n) is 8.72. The van der Waals surface area contributed by atoms with Gasteiger partial charge in [-0.25, -0.2) is 4.98 Å². The van der Waals surface area contributed by atoms with E-state index in [0.717, 1.165) is 35.9 Å². The zero-order valence-electron chi connectivity index (χ0n) is 14.6. The standard InChI is InChI=1S/C18H25N3O2S/c1-11(2)6-7-19-15(22)9-21-10-20-17-16(18(21)23)13-5-4-12(3)8-14(13)24-17/h10-12H,4-9H2,1-3H3,(H,19,22)/t12-/m0/s1. The summed E-state index contributed by atoms with van der Waals surface area (Å²) in [5.41, 5.74) is 1.09. The maximum Gasteiger partial charge on any atom is 0.262 e. The smallest absolute Gasteiger partial charge is 0.262 e. The Labute approximate surface area is 146 Å². The number of thiophene rings is 1. The molecule has 5 nitrogen and oxygen atoms in total. The molecular formula is C18H25N3O2S. The second-order valence-corrected chi connectivity index (χ2v) is 8.33. The van der Waals surface area contributed by atoms with Gasteiger partial charge in [-0.1, -0.05) is 20.8 Å². The topological polar surface area (TPSA) is 64.0 Å². The molecule has 0 unspecified atom stereocenters. The second-order valence-electron chi connectivity index (χ2n) is 7.24. The molecule has 0 saturated carbocycles. The molecule has 6 heteroatoms. The van der Waals surface area contributed by atoms with Crippen molar-refractivity contribution < 1.29 is 4.79 Å². The highest BCUT2D eigenvalue weighted by atomic mass is 32.1. The van der Waals surface area contributed by atoms with E-state index in [-0.39, 0.29) is 18.0 Å². The van der Waals surface area contributed by atoms with Gasteiger partial charge in [0.1, 0.15) is 11.4 Å². The molecule has 0 radical (unpaired) electrons. The van der Waals surface area contributed by atoms with Gasteiger partial charge in [0.15, 0.2) is 0 Å². The van der Waals surface area contributed by atoms with Crippen LogP contribution in [0.2, 0.25) is 0 Å². The van der Waals surface area contributed by atoms with Gasteiger partial charge in [0.05, 0.1) is 11.7 Å². The monoisotopic (exact) mass is 347 g/mol. The van der Waals surface area contributed by atoms with Crippen molar-refractivity contribution in [3.8, 4) is 0 Å². The van der Waals surface area contributed by atoms with E-state index in [9.17, 15) is 9.59 Å². The fraction of sp³-hybridized carbons (Fsp3) is 0.611. The largest absolute Gasteiger partial charge is 0.355 e. The SMILES string of the molecule is CC(C)CCNC(=O)Cn1cnc2sc3c(c2c1=O)CC[C@H](C)C3. The number of nitrogens with one attached hydrogen (secondary N) is 1. The lowest BCUT2D eigenvalue weighted by atomic mass is 9.89. The van der Waals surface area contributed by atoms with E-state index >= 15 is 0 Å². The zero-order chi connectivity index (χ0) is 17.3. The highest BCUT2D eigenvalue weighted by molar-refractivity contribution is 7.18. The summed E-state index contributed by atoms with van der Waals surface area (Å²) in [5, 5.41) is 3.61. The maximum atomic E-state index is 12.8. The van der Waals surface area contributed by atoms with Gasteiger partial charge in [-0.05, 0) is 43.1 Å². The molecular weight excluding hydrogens is 322 g/mol. The van der Waals surface area contributed by atoms with Gasteiger partial charge in [0, 0.05) is 11.4 Å². The van der Waals surface area contributed by atoms with Crippen LogP contribution in [0.3, 0.4) is 0 Å². The molecule has 2 aromatic heterocycles. The van der Waals surface area contributed by atoms with Gasteiger partial charge < -0.3 is 5.32 Å². The molecule has 0 spiro atoms. The van der Waals surface area contributed by atoms with Gasteiger partial charge in [-0.15, -0.1) is 11.3 Å². The van der Waals surface area contributed by atoms with E-state index in [1.54, 1.807) is 11.3 Å². The average molecular weight is 347 g/mol. The Morgan fingerprint density at radius 2 is 2.29 bits per heavy atom. The maximum absolute atomic E-state index is 12.8. The molecule has 130 valence electrons. The summed E-state index contributed by atoms with van der Waals surface area (Å²) >= 11 is 1.64. The minimum absolute atomic E-state index is 0.0426. The molecule has 1 N–H and O–H groups in total. The Hall–Kier alpha value is -1.69. The molecule has 1 aliphatic rings. The minimum Gasteiger partial charge on any atom is -0.355 e. The summed E-state index contributed by atoms with van der Waals surface area (Å²) in [6.07, 6.45) is 5.54. The summed E-state index contributed by atoms with van der Waals surface area (Å²) in [4.78, 5) is 31.4. The number of fused-ring (bicyclic) bond motifs is 3. The lowest BCUT2D eigenvalue weighted by molar-refractivity contribution is -0.121. The van der Waals surface area contributed by atoms with Gasteiger partial charge in [0.25, 0.3) is 5.56 Å². The van der Waals surface area contributed by atoms with E-state index in [4.69, 9.17) is 0 Å². The quantitative estimate of drug-likeness (QED) is 0.904. The molecule has 3 rings (SSSR count). The minimum atomic E-state index is -0.128. The fourth-order valence-corrected chi connectivity index (χ4v) is 4.53. The lowest BCUT2D eigenvalue weighted by Crippen LogP contribution is -2.33. The number of hydrogen-bond acceptors (Lipinski definition) is 4. The molecule has 2 aromatic rings. The Morgan fingerprint density at radius 3 is 3.04 bits per heavy atom. The van der Waals surface area contributed by atoms with E-state index < -0.39 is 0 Å². The Morgan fingerprint density at radius 1 is 1.50 bits per heavy atom. The normalized spacial score (nSPS) is 17.2. The van der Waals surface area contributed by atoms with E-state index in [1.807, 2.05) is 0 Å². The van der Waals surface area contributed by atoms with Crippen LogP contribution in [0.15, 0.2) is 11.1 Å². The molecule has 0 aromatic carbocycles. The number of aromatic nitrogens is 2. The highest BCUT2D eigenvalue weighted by Crippen LogP contribution is 2.35. The van der Waals surface area contributed by atoms with Crippen molar-refractivity contribution in [2.24, 2.45) is 11.8 Å². The van der Waals surface area contributed by atoms with Crippen LogP contribution >= 0.6 is 11.3 Å². The van der Waals surface area contributed by atoms with Crippen molar-refractivity contribution >= 4 is 27.5 Å². The molecule has 1 atom stereocenters. The number of rotatable bonds is 5. The second kappa shape index (κ2) is 7.05.